The normalized spacial score (nSPS) is 29.9. The number of aldehydes is 1. The van der Waals surface area contributed by atoms with Gasteiger partial charge < -0.3 is 0 Å². The predicted molar refractivity (Wildman–Crippen MR) is 103 cm³/mol. The van der Waals surface area contributed by atoms with Gasteiger partial charge in [0.25, 0.3) is 0 Å². The van der Waals surface area contributed by atoms with E-state index in [1.54, 1.807) is 4.90 Å². The summed E-state index contributed by atoms with van der Waals surface area (Å²) >= 11 is 7.08. The van der Waals surface area contributed by atoms with Crippen molar-refractivity contribution in [3.05, 3.63) is 42.0 Å². The van der Waals surface area contributed by atoms with Crippen LogP contribution in [0.25, 0.3) is 0 Å². The van der Waals surface area contributed by atoms with Crippen LogP contribution in [-0.4, -0.2) is 21.3 Å². The molecule has 24 heavy (non-hydrogen) atoms. The van der Waals surface area contributed by atoms with Gasteiger partial charge in [-0.3, -0.25) is 14.5 Å². The van der Waals surface area contributed by atoms with Gasteiger partial charge in [-0.1, -0.05) is 68.5 Å². The van der Waals surface area contributed by atoms with Crippen molar-refractivity contribution in [3.8, 4) is 0 Å². The van der Waals surface area contributed by atoms with Crippen molar-refractivity contribution in [2.24, 2.45) is 11.8 Å². The maximum Gasteiger partial charge on any atom is 0.250 e. The van der Waals surface area contributed by atoms with E-state index in [-0.39, 0.29) is 17.7 Å². The zero-order valence-corrected chi connectivity index (χ0v) is 15.5. The third-order valence-electron chi connectivity index (χ3n) is 5.19. The maximum absolute atomic E-state index is 13.6. The molecule has 0 radical (unpaired) electrons. The summed E-state index contributed by atoms with van der Waals surface area (Å²) < 4.78 is -0.0585. The van der Waals surface area contributed by atoms with Crippen LogP contribution in [0.2, 0.25) is 0 Å². The number of para-hydroxylation sites is 1. The first-order valence-corrected chi connectivity index (χ1v) is 9.60. The van der Waals surface area contributed by atoms with E-state index in [1.807, 2.05) is 43.3 Å². The Bertz CT molecular complexity index is 701. The summed E-state index contributed by atoms with van der Waals surface area (Å²) in [6.45, 7) is 4.16. The van der Waals surface area contributed by atoms with E-state index in [1.165, 1.54) is 11.8 Å². The van der Waals surface area contributed by atoms with E-state index in [9.17, 15) is 9.59 Å². The number of allylic oxidation sites excluding steroid dienone is 2. The Labute approximate surface area is 152 Å². The van der Waals surface area contributed by atoms with Crippen LogP contribution in [0.1, 0.15) is 33.1 Å². The number of anilines is 1. The lowest BCUT2D eigenvalue weighted by atomic mass is 9.68. The quantitative estimate of drug-likeness (QED) is 0.591. The molecule has 1 amide bonds. The lowest BCUT2D eigenvalue weighted by Crippen LogP contribution is -2.52. The highest BCUT2D eigenvalue weighted by Gasteiger charge is 2.60. The van der Waals surface area contributed by atoms with Crippen molar-refractivity contribution >= 4 is 46.2 Å². The minimum Gasteiger partial charge on any atom is -0.298 e. The molecular weight excluding hydrogens is 338 g/mol. The second-order valence-electron chi connectivity index (χ2n) is 6.26. The molecule has 2 aliphatic rings. The van der Waals surface area contributed by atoms with Gasteiger partial charge in [0.1, 0.15) is 15.4 Å². The third-order valence-corrected chi connectivity index (χ3v) is 7.11. The number of thioether (sulfide) groups is 1. The van der Waals surface area contributed by atoms with Crippen molar-refractivity contribution in [2.75, 3.05) is 4.90 Å². The van der Waals surface area contributed by atoms with Gasteiger partial charge in [0, 0.05) is 5.92 Å². The molecule has 1 aliphatic carbocycles. The minimum atomic E-state index is -0.651. The van der Waals surface area contributed by atoms with Crippen LogP contribution < -0.4 is 4.90 Å². The van der Waals surface area contributed by atoms with Crippen LogP contribution in [0.5, 0.6) is 0 Å². The fourth-order valence-electron chi connectivity index (χ4n) is 4.04. The van der Waals surface area contributed by atoms with Crippen LogP contribution in [0.15, 0.2) is 42.0 Å². The highest BCUT2D eigenvalue weighted by Crippen LogP contribution is 2.56. The predicted octanol–water partition coefficient (Wildman–Crippen LogP) is 4.37. The molecule has 0 saturated carbocycles. The van der Waals surface area contributed by atoms with Gasteiger partial charge in [0.05, 0.1) is 5.69 Å². The molecule has 3 nitrogen and oxygen atoms in total. The molecule has 1 aliphatic heterocycles. The number of rotatable bonds is 4. The smallest absolute Gasteiger partial charge is 0.250 e. The van der Waals surface area contributed by atoms with Gasteiger partial charge >= 0.3 is 0 Å². The lowest BCUT2D eigenvalue weighted by molar-refractivity contribution is -0.122. The van der Waals surface area contributed by atoms with E-state index in [0.717, 1.165) is 36.8 Å². The van der Waals surface area contributed by atoms with E-state index in [2.05, 4.69) is 6.92 Å². The minimum absolute atomic E-state index is 0.0369. The van der Waals surface area contributed by atoms with Gasteiger partial charge in [0.2, 0.25) is 5.91 Å². The van der Waals surface area contributed by atoms with Crippen molar-refractivity contribution < 1.29 is 9.59 Å². The van der Waals surface area contributed by atoms with Crippen molar-refractivity contribution in [2.45, 2.75) is 37.9 Å². The fourth-order valence-corrected chi connectivity index (χ4v) is 6.26. The molecule has 1 spiro atoms. The number of hydrogen-bond donors (Lipinski definition) is 0. The summed E-state index contributed by atoms with van der Waals surface area (Å²) in [5.41, 5.74) is 1.56. The Morgan fingerprint density at radius 2 is 2.00 bits per heavy atom. The summed E-state index contributed by atoms with van der Waals surface area (Å²) in [5.74, 6) is 0.142. The zero-order chi connectivity index (χ0) is 17.3. The Morgan fingerprint density at radius 3 is 2.58 bits per heavy atom. The highest BCUT2D eigenvalue weighted by atomic mass is 32.2. The summed E-state index contributed by atoms with van der Waals surface area (Å²) in [5, 5.41) is 0. The molecule has 1 aromatic rings. The summed E-state index contributed by atoms with van der Waals surface area (Å²) in [6.07, 6.45) is 5.34. The van der Waals surface area contributed by atoms with Gasteiger partial charge in [0.15, 0.2) is 0 Å². The Hall–Kier alpha value is -1.46. The highest BCUT2D eigenvalue weighted by molar-refractivity contribution is 8.25. The second-order valence-corrected chi connectivity index (χ2v) is 8.17. The molecule has 1 heterocycles. The van der Waals surface area contributed by atoms with E-state index in [4.69, 9.17) is 12.2 Å². The Balaban J connectivity index is 2.11. The van der Waals surface area contributed by atoms with Crippen molar-refractivity contribution in [1.29, 1.82) is 0 Å². The number of benzene rings is 1. The van der Waals surface area contributed by atoms with Crippen molar-refractivity contribution in [1.82, 2.24) is 0 Å². The number of nitrogens with zero attached hydrogens (tertiary/aromatic N) is 1. The first kappa shape index (κ1) is 17.4. The van der Waals surface area contributed by atoms with E-state index >= 15 is 0 Å². The second kappa shape index (κ2) is 6.81. The number of carbonyl (C=O) groups excluding carboxylic acids is 2. The number of amides is 1. The average molecular weight is 360 g/mol. The van der Waals surface area contributed by atoms with Gasteiger partial charge in [-0.25, -0.2) is 0 Å². The molecule has 0 bridgehead atoms. The molecule has 1 saturated heterocycles. The van der Waals surface area contributed by atoms with Gasteiger partial charge in [-0.15, -0.1) is 0 Å². The summed E-state index contributed by atoms with van der Waals surface area (Å²) in [6, 6.07) is 9.56. The maximum atomic E-state index is 13.6. The standard InChI is InChI=1S/C19H21NO2S2/c1-3-14-11-10-13(12-21)16(4-2)19(14)17(22)20(18(23)24-19)15-8-6-5-7-9-15/h5-10,12,14,16H,3-4,11H2,1-2H3/t14-,16-,19+/m1/s1. The van der Waals surface area contributed by atoms with Gasteiger partial charge in [-0.05, 0) is 36.5 Å². The molecule has 3 rings (SSSR count). The molecule has 3 atom stereocenters. The largest absolute Gasteiger partial charge is 0.298 e. The van der Waals surface area contributed by atoms with Crippen LogP contribution in [0, 0.1) is 11.8 Å². The third kappa shape index (κ3) is 2.45. The van der Waals surface area contributed by atoms with E-state index < -0.39 is 4.75 Å². The molecule has 126 valence electrons. The Kier molecular flexibility index (Phi) is 4.92. The van der Waals surface area contributed by atoms with E-state index in [0.29, 0.717) is 4.32 Å². The monoisotopic (exact) mass is 359 g/mol. The summed E-state index contributed by atoms with van der Waals surface area (Å²) in [7, 11) is 0. The molecule has 1 aromatic carbocycles. The molecule has 0 N–H and O–H groups in total. The molecule has 5 heteroatoms. The Morgan fingerprint density at radius 1 is 1.29 bits per heavy atom. The fraction of sp³-hybridized carbons (Fsp3) is 0.421. The summed E-state index contributed by atoms with van der Waals surface area (Å²) in [4.78, 5) is 26.8. The molecule has 1 fully saturated rings. The van der Waals surface area contributed by atoms with Crippen LogP contribution >= 0.6 is 24.0 Å². The lowest BCUT2D eigenvalue weighted by Gasteiger charge is -2.43. The number of hydrogen-bond acceptors (Lipinski definition) is 4. The first-order valence-electron chi connectivity index (χ1n) is 8.37. The molecule has 0 aromatic heterocycles. The SMILES string of the molecule is CC[C@@H]1CC=C(C=O)[C@@H](CC)[C@@]12SC(=S)N(c1ccccc1)C2=O. The topological polar surface area (TPSA) is 37.4 Å². The number of carbonyl (C=O) groups is 2. The van der Waals surface area contributed by atoms with Crippen LogP contribution in [0.3, 0.4) is 0 Å². The van der Waals surface area contributed by atoms with Gasteiger partial charge in [-0.2, -0.15) is 0 Å². The first-order chi connectivity index (χ1) is 11.6. The van der Waals surface area contributed by atoms with Crippen LogP contribution in [0.4, 0.5) is 5.69 Å². The van der Waals surface area contributed by atoms with Crippen LogP contribution in [-0.2, 0) is 9.59 Å². The molecular formula is C19H21NO2S2. The van der Waals surface area contributed by atoms with Crippen molar-refractivity contribution in [3.63, 3.8) is 0 Å². The molecule has 0 unspecified atom stereocenters. The number of thiocarbonyl (C=S) groups is 1. The zero-order valence-electron chi connectivity index (χ0n) is 13.9. The average Bonchev–Trinajstić information content (AvgIpc) is 2.86.